The molecule has 7 nitrogen and oxygen atoms in total. The Bertz CT molecular complexity index is 1190. The minimum absolute atomic E-state index is 0.224. The Labute approximate surface area is 190 Å². The summed E-state index contributed by atoms with van der Waals surface area (Å²) in [6, 6.07) is 14.8. The first-order valence-corrected chi connectivity index (χ1v) is 9.84. The SMILES string of the molecule is O=C(Cn1cccc(C(F)(F)F)c1=O)NNC(=O)c1ccc(COc2ccc(Cl)cc2)cc1. The van der Waals surface area contributed by atoms with Gasteiger partial charge in [0.05, 0.1) is 0 Å². The van der Waals surface area contributed by atoms with Crippen LogP contribution in [-0.4, -0.2) is 16.4 Å². The largest absolute Gasteiger partial charge is 0.489 e. The highest BCUT2D eigenvalue weighted by atomic mass is 35.5. The van der Waals surface area contributed by atoms with Crippen LogP contribution in [0.1, 0.15) is 21.5 Å². The molecule has 0 aliphatic carbocycles. The van der Waals surface area contributed by atoms with Crippen molar-refractivity contribution in [1.82, 2.24) is 15.4 Å². The predicted octanol–water partition coefficient (Wildman–Crippen LogP) is 3.56. The molecule has 0 atom stereocenters. The van der Waals surface area contributed by atoms with E-state index in [4.69, 9.17) is 16.3 Å². The number of halogens is 4. The highest BCUT2D eigenvalue weighted by molar-refractivity contribution is 6.30. The van der Waals surface area contributed by atoms with Crippen molar-refractivity contribution < 1.29 is 27.5 Å². The molecule has 0 fully saturated rings. The number of pyridine rings is 1. The Morgan fingerprint density at radius 3 is 2.27 bits per heavy atom. The highest BCUT2D eigenvalue weighted by Crippen LogP contribution is 2.26. The van der Waals surface area contributed by atoms with Gasteiger partial charge in [0, 0.05) is 16.8 Å². The van der Waals surface area contributed by atoms with Gasteiger partial charge in [0.15, 0.2) is 0 Å². The molecule has 1 aromatic heterocycles. The van der Waals surface area contributed by atoms with Gasteiger partial charge in [-0.2, -0.15) is 13.2 Å². The number of nitrogens with one attached hydrogen (secondary N) is 2. The van der Waals surface area contributed by atoms with E-state index in [0.717, 1.165) is 17.8 Å². The zero-order chi connectivity index (χ0) is 24.0. The van der Waals surface area contributed by atoms with E-state index in [-0.39, 0.29) is 12.2 Å². The molecular formula is C22H17ClF3N3O4. The number of hydrogen-bond acceptors (Lipinski definition) is 4. The first-order valence-electron chi connectivity index (χ1n) is 9.46. The lowest BCUT2D eigenvalue weighted by molar-refractivity contribution is -0.139. The summed E-state index contributed by atoms with van der Waals surface area (Å²) in [6.07, 6.45) is -3.79. The van der Waals surface area contributed by atoms with Crippen LogP contribution in [0.3, 0.4) is 0 Å². The Morgan fingerprint density at radius 1 is 0.970 bits per heavy atom. The van der Waals surface area contributed by atoms with Gasteiger partial charge in [-0.3, -0.25) is 25.2 Å². The zero-order valence-corrected chi connectivity index (χ0v) is 17.6. The summed E-state index contributed by atoms with van der Waals surface area (Å²) in [6.45, 7) is -0.448. The standard InChI is InChI=1S/C22H17ClF3N3O4/c23-16-7-9-17(10-8-16)33-13-14-3-5-15(6-4-14)20(31)28-27-19(30)12-29-11-1-2-18(21(29)32)22(24,25)26/h1-11H,12-13H2,(H,27,30)(H,28,31). The van der Waals surface area contributed by atoms with Gasteiger partial charge in [-0.05, 0) is 54.1 Å². The van der Waals surface area contributed by atoms with Gasteiger partial charge in [0.25, 0.3) is 17.4 Å². The summed E-state index contributed by atoms with van der Waals surface area (Å²) >= 11 is 5.82. The van der Waals surface area contributed by atoms with Crippen molar-refractivity contribution in [2.24, 2.45) is 0 Å². The van der Waals surface area contributed by atoms with Crippen LogP contribution in [0, 0.1) is 0 Å². The van der Waals surface area contributed by atoms with Gasteiger partial charge < -0.3 is 9.30 Å². The lowest BCUT2D eigenvalue weighted by atomic mass is 10.1. The van der Waals surface area contributed by atoms with Crippen LogP contribution in [0.2, 0.25) is 5.02 Å². The van der Waals surface area contributed by atoms with E-state index in [0.29, 0.717) is 21.4 Å². The second-order valence-electron chi connectivity index (χ2n) is 6.79. The number of carbonyl (C=O) groups excluding carboxylic acids is 2. The molecule has 1 heterocycles. The van der Waals surface area contributed by atoms with Crippen molar-refractivity contribution in [1.29, 1.82) is 0 Å². The quantitative estimate of drug-likeness (QED) is 0.529. The molecule has 3 aromatic rings. The average molecular weight is 480 g/mol. The minimum Gasteiger partial charge on any atom is -0.489 e. The van der Waals surface area contributed by atoms with E-state index in [2.05, 4.69) is 10.9 Å². The van der Waals surface area contributed by atoms with E-state index in [9.17, 15) is 27.6 Å². The van der Waals surface area contributed by atoms with Crippen molar-refractivity contribution in [2.75, 3.05) is 0 Å². The molecule has 2 N–H and O–H groups in total. The van der Waals surface area contributed by atoms with Gasteiger partial charge in [-0.1, -0.05) is 23.7 Å². The average Bonchev–Trinajstić information content (AvgIpc) is 2.78. The van der Waals surface area contributed by atoms with Crippen LogP contribution in [-0.2, 0) is 24.1 Å². The first kappa shape index (κ1) is 23.9. The number of rotatable bonds is 6. The van der Waals surface area contributed by atoms with Gasteiger partial charge >= 0.3 is 6.18 Å². The Kier molecular flexibility index (Phi) is 7.39. The fourth-order valence-corrected chi connectivity index (χ4v) is 2.85. The summed E-state index contributed by atoms with van der Waals surface area (Å²) in [5, 5.41) is 0.590. The summed E-state index contributed by atoms with van der Waals surface area (Å²) in [7, 11) is 0. The molecule has 2 aromatic carbocycles. The Hall–Kier alpha value is -3.79. The molecule has 2 amide bonds. The van der Waals surface area contributed by atoms with E-state index in [1.165, 1.54) is 12.1 Å². The molecule has 11 heteroatoms. The van der Waals surface area contributed by atoms with Crippen LogP contribution in [0.5, 0.6) is 5.75 Å². The van der Waals surface area contributed by atoms with Crippen LogP contribution in [0.25, 0.3) is 0 Å². The number of hydrazine groups is 1. The smallest absolute Gasteiger partial charge is 0.421 e. The van der Waals surface area contributed by atoms with Gasteiger partial charge in [0.1, 0.15) is 24.5 Å². The highest BCUT2D eigenvalue weighted by Gasteiger charge is 2.34. The maximum atomic E-state index is 12.8. The predicted molar refractivity (Wildman–Crippen MR) is 114 cm³/mol. The molecule has 0 radical (unpaired) electrons. The van der Waals surface area contributed by atoms with E-state index in [1.807, 2.05) is 0 Å². The van der Waals surface area contributed by atoms with E-state index < -0.39 is 35.7 Å². The Morgan fingerprint density at radius 2 is 1.64 bits per heavy atom. The molecule has 0 bridgehead atoms. The molecule has 0 aliphatic rings. The number of nitrogens with zero attached hydrogens (tertiary/aromatic N) is 1. The Balaban J connectivity index is 1.52. The van der Waals surface area contributed by atoms with Crippen LogP contribution in [0.15, 0.2) is 71.7 Å². The van der Waals surface area contributed by atoms with Crippen molar-refractivity contribution in [3.8, 4) is 5.75 Å². The maximum Gasteiger partial charge on any atom is 0.421 e. The number of benzene rings is 2. The monoisotopic (exact) mass is 479 g/mol. The third-order valence-corrected chi connectivity index (χ3v) is 4.64. The fourth-order valence-electron chi connectivity index (χ4n) is 2.72. The van der Waals surface area contributed by atoms with E-state index >= 15 is 0 Å². The summed E-state index contributed by atoms with van der Waals surface area (Å²) in [5.74, 6) is -0.897. The summed E-state index contributed by atoms with van der Waals surface area (Å²) in [4.78, 5) is 36.0. The minimum atomic E-state index is -4.84. The molecule has 0 saturated carbocycles. The van der Waals surface area contributed by atoms with Crippen molar-refractivity contribution in [3.63, 3.8) is 0 Å². The summed E-state index contributed by atoms with van der Waals surface area (Å²) in [5.41, 5.74) is 2.48. The van der Waals surface area contributed by atoms with Gasteiger partial charge in [-0.25, -0.2) is 0 Å². The lowest BCUT2D eigenvalue weighted by Crippen LogP contribution is -2.44. The molecular weight excluding hydrogens is 463 g/mol. The fraction of sp³-hybridized carbons (Fsp3) is 0.136. The normalized spacial score (nSPS) is 11.0. The number of aromatic nitrogens is 1. The van der Waals surface area contributed by atoms with Gasteiger partial charge in [-0.15, -0.1) is 0 Å². The number of ether oxygens (including phenoxy) is 1. The number of hydrogen-bond donors (Lipinski definition) is 2. The van der Waals surface area contributed by atoms with Crippen molar-refractivity contribution >= 4 is 23.4 Å². The topological polar surface area (TPSA) is 89.4 Å². The first-order chi connectivity index (χ1) is 15.6. The molecule has 0 aliphatic heterocycles. The molecule has 33 heavy (non-hydrogen) atoms. The van der Waals surface area contributed by atoms with Gasteiger partial charge in [0.2, 0.25) is 0 Å². The molecule has 172 valence electrons. The molecule has 0 unspecified atom stereocenters. The van der Waals surface area contributed by atoms with Crippen molar-refractivity contribution in [3.05, 3.63) is 98.9 Å². The van der Waals surface area contributed by atoms with Crippen LogP contribution < -0.4 is 21.1 Å². The maximum absolute atomic E-state index is 12.8. The number of carbonyl (C=O) groups is 2. The summed E-state index contributed by atoms with van der Waals surface area (Å²) < 4.78 is 44.6. The zero-order valence-electron chi connectivity index (χ0n) is 16.9. The van der Waals surface area contributed by atoms with Crippen LogP contribution >= 0.6 is 11.6 Å². The second kappa shape index (κ2) is 10.2. The molecule has 0 saturated heterocycles. The van der Waals surface area contributed by atoms with E-state index in [1.54, 1.807) is 36.4 Å². The number of amides is 2. The van der Waals surface area contributed by atoms with Crippen LogP contribution in [0.4, 0.5) is 13.2 Å². The number of alkyl halides is 3. The third kappa shape index (κ3) is 6.59. The third-order valence-electron chi connectivity index (χ3n) is 4.39. The van der Waals surface area contributed by atoms with Crippen molar-refractivity contribution in [2.45, 2.75) is 19.3 Å². The second-order valence-corrected chi connectivity index (χ2v) is 7.23. The lowest BCUT2D eigenvalue weighted by Gasteiger charge is -2.11. The molecule has 0 spiro atoms. The molecule has 3 rings (SSSR count).